The smallest absolute Gasteiger partial charge is 0.220 e. The molecule has 1 amide bonds. The zero-order chi connectivity index (χ0) is 15.4. The summed E-state index contributed by atoms with van der Waals surface area (Å²) in [4.78, 5) is 13.6. The van der Waals surface area contributed by atoms with E-state index in [1.54, 1.807) is 0 Å². The van der Waals surface area contributed by atoms with Gasteiger partial charge >= 0.3 is 0 Å². The number of carbonyl (C=O) groups excluding carboxylic acids is 1. The largest absolute Gasteiger partial charge is 0.371 e. The lowest BCUT2D eigenvalue weighted by atomic mass is 9.95. The van der Waals surface area contributed by atoms with E-state index in [9.17, 15) is 4.79 Å². The number of hydrogen-bond donors (Lipinski definition) is 2. The number of rotatable bonds is 5. The predicted octanol–water partition coefficient (Wildman–Crippen LogP) is 2.65. The molecule has 1 fully saturated rings. The Hall–Kier alpha value is -1.07. The van der Waals surface area contributed by atoms with Crippen LogP contribution in [0.25, 0.3) is 0 Å². The number of piperidine rings is 1. The van der Waals surface area contributed by atoms with Crippen LogP contribution in [0.4, 0.5) is 5.69 Å². The number of hydrogen-bond acceptors (Lipinski definition) is 3. The first-order chi connectivity index (χ1) is 9.97. The van der Waals surface area contributed by atoms with Gasteiger partial charge < -0.3 is 16.0 Å². The Morgan fingerprint density at radius 2 is 2.10 bits per heavy atom. The van der Waals surface area contributed by atoms with E-state index in [-0.39, 0.29) is 11.8 Å². The number of anilines is 1. The van der Waals surface area contributed by atoms with Gasteiger partial charge in [0.2, 0.25) is 5.91 Å². The van der Waals surface area contributed by atoms with E-state index < -0.39 is 0 Å². The molecule has 21 heavy (non-hydrogen) atoms. The van der Waals surface area contributed by atoms with Crippen LogP contribution in [0.5, 0.6) is 0 Å². The Balaban J connectivity index is 2.10. The lowest BCUT2D eigenvalue weighted by Crippen LogP contribution is -2.39. The minimum atomic E-state index is -0.160. The van der Waals surface area contributed by atoms with Crippen LogP contribution in [0.1, 0.15) is 32.3 Å². The van der Waals surface area contributed by atoms with Crippen molar-refractivity contribution in [1.82, 2.24) is 5.32 Å². The van der Waals surface area contributed by atoms with Crippen LogP contribution in [0.3, 0.4) is 0 Å². The zero-order valence-electron chi connectivity index (χ0n) is 12.7. The summed E-state index contributed by atoms with van der Waals surface area (Å²) in [5, 5.41) is 3.47. The van der Waals surface area contributed by atoms with Gasteiger partial charge in [0.15, 0.2) is 0 Å². The number of nitrogens with zero attached hydrogens (tertiary/aromatic N) is 1. The van der Waals surface area contributed by atoms with Crippen LogP contribution >= 0.6 is 15.9 Å². The molecule has 0 unspecified atom stereocenters. The highest BCUT2D eigenvalue weighted by Crippen LogP contribution is 2.28. The van der Waals surface area contributed by atoms with Crippen LogP contribution in [-0.2, 0) is 11.3 Å². The maximum atomic E-state index is 11.3. The molecule has 2 rings (SSSR count). The summed E-state index contributed by atoms with van der Waals surface area (Å²) in [7, 11) is 0. The summed E-state index contributed by atoms with van der Waals surface area (Å²) in [5.74, 6) is -0.124. The van der Waals surface area contributed by atoms with Gasteiger partial charge in [-0.05, 0) is 36.6 Å². The van der Waals surface area contributed by atoms with Crippen molar-refractivity contribution in [3.8, 4) is 0 Å². The molecule has 0 spiro atoms. The number of benzene rings is 1. The van der Waals surface area contributed by atoms with Crippen molar-refractivity contribution in [2.24, 2.45) is 11.7 Å². The molecule has 1 saturated heterocycles. The SMILES string of the molecule is CC(C)NCc1cc(Br)ccc1N1CCC(C(N)=O)CC1. The standard InChI is InChI=1S/C16H24BrN3O/c1-11(2)19-10-13-9-14(17)3-4-15(13)20-7-5-12(6-8-20)16(18)21/h3-4,9,11-12,19H,5-8,10H2,1-2H3,(H2,18,21). The third-order valence-electron chi connectivity index (χ3n) is 3.98. The van der Waals surface area contributed by atoms with Crippen LogP contribution in [0, 0.1) is 5.92 Å². The molecule has 1 aromatic carbocycles. The van der Waals surface area contributed by atoms with Crippen molar-refractivity contribution in [2.45, 2.75) is 39.3 Å². The topological polar surface area (TPSA) is 58.4 Å². The number of carbonyl (C=O) groups is 1. The maximum Gasteiger partial charge on any atom is 0.220 e. The fourth-order valence-electron chi connectivity index (χ4n) is 2.72. The summed E-state index contributed by atoms with van der Waals surface area (Å²) in [5.41, 5.74) is 7.95. The zero-order valence-corrected chi connectivity index (χ0v) is 14.3. The second-order valence-electron chi connectivity index (χ2n) is 5.97. The van der Waals surface area contributed by atoms with Crippen LogP contribution in [-0.4, -0.2) is 25.0 Å². The molecule has 1 aromatic rings. The summed E-state index contributed by atoms with van der Waals surface area (Å²) < 4.78 is 1.10. The highest BCUT2D eigenvalue weighted by molar-refractivity contribution is 9.10. The van der Waals surface area contributed by atoms with E-state index in [0.29, 0.717) is 6.04 Å². The van der Waals surface area contributed by atoms with Gasteiger partial charge in [-0.2, -0.15) is 0 Å². The number of amides is 1. The van der Waals surface area contributed by atoms with Crippen LogP contribution < -0.4 is 16.0 Å². The lowest BCUT2D eigenvalue weighted by molar-refractivity contribution is -0.122. The van der Waals surface area contributed by atoms with Crippen LogP contribution in [0.15, 0.2) is 22.7 Å². The van der Waals surface area contributed by atoms with E-state index in [1.807, 2.05) is 0 Å². The van der Waals surface area contributed by atoms with Gasteiger partial charge in [-0.25, -0.2) is 0 Å². The minimum absolute atomic E-state index is 0.0361. The molecule has 0 atom stereocenters. The quantitative estimate of drug-likeness (QED) is 0.855. The molecule has 116 valence electrons. The highest BCUT2D eigenvalue weighted by atomic mass is 79.9. The Labute approximate surface area is 135 Å². The van der Waals surface area contributed by atoms with Crippen molar-refractivity contribution >= 4 is 27.5 Å². The normalized spacial score (nSPS) is 16.5. The summed E-state index contributed by atoms with van der Waals surface area (Å²) in [6.45, 7) is 6.93. The van der Waals surface area contributed by atoms with E-state index in [0.717, 1.165) is 36.9 Å². The van der Waals surface area contributed by atoms with Crippen molar-refractivity contribution < 1.29 is 4.79 Å². The van der Waals surface area contributed by atoms with Gasteiger partial charge in [-0.15, -0.1) is 0 Å². The molecule has 0 radical (unpaired) electrons. The molecule has 1 aliphatic heterocycles. The molecule has 3 N–H and O–H groups in total. The third kappa shape index (κ3) is 4.45. The minimum Gasteiger partial charge on any atom is -0.371 e. The second kappa shape index (κ2) is 7.27. The summed E-state index contributed by atoms with van der Waals surface area (Å²) >= 11 is 3.55. The number of halogens is 1. The first-order valence-corrected chi connectivity index (χ1v) is 8.32. The van der Waals surface area contributed by atoms with E-state index in [1.165, 1.54) is 11.3 Å². The molecule has 0 saturated carbocycles. The van der Waals surface area contributed by atoms with E-state index in [2.05, 4.69) is 58.2 Å². The van der Waals surface area contributed by atoms with Gasteiger partial charge in [0, 0.05) is 41.8 Å². The van der Waals surface area contributed by atoms with Crippen molar-refractivity contribution in [3.05, 3.63) is 28.2 Å². The lowest BCUT2D eigenvalue weighted by Gasteiger charge is -2.34. The van der Waals surface area contributed by atoms with Gasteiger partial charge in [0.25, 0.3) is 0 Å². The molecule has 0 aliphatic carbocycles. The maximum absolute atomic E-state index is 11.3. The first kappa shape index (κ1) is 16.3. The number of nitrogens with one attached hydrogen (secondary N) is 1. The summed E-state index contributed by atoms with van der Waals surface area (Å²) in [6, 6.07) is 6.86. The molecule has 1 heterocycles. The molecular weight excluding hydrogens is 330 g/mol. The van der Waals surface area contributed by atoms with Gasteiger partial charge in [-0.3, -0.25) is 4.79 Å². The first-order valence-electron chi connectivity index (χ1n) is 7.53. The molecular formula is C16H24BrN3O. The molecule has 1 aliphatic rings. The Morgan fingerprint density at radius 1 is 1.43 bits per heavy atom. The Bertz CT molecular complexity index is 496. The third-order valence-corrected chi connectivity index (χ3v) is 4.47. The molecule has 4 nitrogen and oxygen atoms in total. The fraction of sp³-hybridized carbons (Fsp3) is 0.562. The van der Waals surface area contributed by atoms with Crippen molar-refractivity contribution in [2.75, 3.05) is 18.0 Å². The fourth-order valence-corrected chi connectivity index (χ4v) is 3.13. The number of primary amides is 1. The average molecular weight is 354 g/mol. The van der Waals surface area contributed by atoms with Gasteiger partial charge in [-0.1, -0.05) is 29.8 Å². The molecule has 0 aromatic heterocycles. The Kier molecular flexibility index (Phi) is 5.65. The van der Waals surface area contributed by atoms with Crippen molar-refractivity contribution in [1.29, 1.82) is 0 Å². The van der Waals surface area contributed by atoms with E-state index in [4.69, 9.17) is 5.73 Å². The van der Waals surface area contributed by atoms with Gasteiger partial charge in [0.1, 0.15) is 0 Å². The monoisotopic (exact) mass is 353 g/mol. The predicted molar refractivity (Wildman–Crippen MR) is 90.2 cm³/mol. The molecule has 0 bridgehead atoms. The highest BCUT2D eigenvalue weighted by Gasteiger charge is 2.24. The molecule has 5 heteroatoms. The van der Waals surface area contributed by atoms with E-state index >= 15 is 0 Å². The average Bonchev–Trinajstić information content (AvgIpc) is 2.45. The Morgan fingerprint density at radius 3 is 2.67 bits per heavy atom. The number of nitrogens with two attached hydrogens (primary N) is 1. The van der Waals surface area contributed by atoms with Crippen LogP contribution in [0.2, 0.25) is 0 Å². The van der Waals surface area contributed by atoms with Gasteiger partial charge in [0.05, 0.1) is 0 Å². The summed E-state index contributed by atoms with van der Waals surface area (Å²) in [6.07, 6.45) is 1.70. The second-order valence-corrected chi connectivity index (χ2v) is 6.89. The van der Waals surface area contributed by atoms with Crippen molar-refractivity contribution in [3.63, 3.8) is 0 Å².